The number of hydrogen-bond acceptors (Lipinski definition) is 4. The van der Waals surface area contributed by atoms with E-state index in [4.69, 9.17) is 9.84 Å². The zero-order chi connectivity index (χ0) is 20.2. The van der Waals surface area contributed by atoms with Crippen LogP contribution in [-0.4, -0.2) is 47.5 Å². The van der Waals surface area contributed by atoms with E-state index in [9.17, 15) is 14.4 Å². The molecule has 0 aliphatic carbocycles. The van der Waals surface area contributed by atoms with Gasteiger partial charge in [-0.3, -0.25) is 9.59 Å². The number of hydrogen-bond donors (Lipinski definition) is 2. The Hall–Kier alpha value is -2.57. The highest BCUT2D eigenvalue weighted by atomic mass is 16.5. The van der Waals surface area contributed by atoms with Crippen molar-refractivity contribution in [3.8, 4) is 5.75 Å². The van der Waals surface area contributed by atoms with Crippen molar-refractivity contribution < 1.29 is 24.2 Å². The molecule has 1 aliphatic rings. The molecule has 0 spiro atoms. The van der Waals surface area contributed by atoms with Crippen molar-refractivity contribution >= 4 is 23.5 Å². The number of aliphatic carboxylic acids is 1. The summed E-state index contributed by atoms with van der Waals surface area (Å²) in [5.41, 5.74) is 0.979. The molecule has 0 aromatic heterocycles. The van der Waals surface area contributed by atoms with E-state index in [0.717, 1.165) is 18.4 Å². The molecule has 148 valence electrons. The maximum absolute atomic E-state index is 12.7. The summed E-state index contributed by atoms with van der Waals surface area (Å²) in [7, 11) is 0. The van der Waals surface area contributed by atoms with E-state index in [1.165, 1.54) is 0 Å². The molecular formula is C20H28N2O5. The quantitative estimate of drug-likeness (QED) is 0.824. The third kappa shape index (κ3) is 5.70. The normalized spacial score (nSPS) is 17.3. The van der Waals surface area contributed by atoms with E-state index in [1.54, 1.807) is 23.1 Å². The zero-order valence-electron chi connectivity index (χ0n) is 16.4. The van der Waals surface area contributed by atoms with Gasteiger partial charge in [0.15, 0.2) is 6.61 Å². The summed E-state index contributed by atoms with van der Waals surface area (Å²) in [6.45, 7) is 8.18. The van der Waals surface area contributed by atoms with Gasteiger partial charge in [-0.1, -0.05) is 20.8 Å². The smallest absolute Gasteiger partial charge is 0.341 e. The fourth-order valence-electron chi connectivity index (χ4n) is 3.10. The second-order valence-corrected chi connectivity index (χ2v) is 7.99. The second kappa shape index (κ2) is 8.41. The molecular weight excluding hydrogens is 348 g/mol. The molecule has 1 heterocycles. The van der Waals surface area contributed by atoms with Gasteiger partial charge in [0.2, 0.25) is 11.8 Å². The summed E-state index contributed by atoms with van der Waals surface area (Å²) < 4.78 is 5.14. The highest BCUT2D eigenvalue weighted by Crippen LogP contribution is 2.26. The number of piperidine rings is 1. The fraction of sp³-hybridized carbons (Fsp3) is 0.550. The average molecular weight is 376 g/mol. The second-order valence-electron chi connectivity index (χ2n) is 7.99. The van der Waals surface area contributed by atoms with E-state index >= 15 is 0 Å². The SMILES string of the molecule is Cc1cc(OCC(=O)O)ccc1NC(=O)C1CCCN(C(=O)C(C)(C)C)C1. The zero-order valence-corrected chi connectivity index (χ0v) is 16.4. The van der Waals surface area contributed by atoms with Crippen LogP contribution in [0, 0.1) is 18.3 Å². The number of amides is 2. The van der Waals surface area contributed by atoms with Crippen LogP contribution in [0.1, 0.15) is 39.2 Å². The van der Waals surface area contributed by atoms with Crippen LogP contribution in [0.2, 0.25) is 0 Å². The first-order valence-electron chi connectivity index (χ1n) is 9.13. The number of nitrogens with one attached hydrogen (secondary N) is 1. The monoisotopic (exact) mass is 376 g/mol. The minimum atomic E-state index is -1.04. The van der Waals surface area contributed by atoms with Crippen molar-refractivity contribution in [2.75, 3.05) is 25.0 Å². The summed E-state index contributed by atoms with van der Waals surface area (Å²) in [5.74, 6) is -0.892. The summed E-state index contributed by atoms with van der Waals surface area (Å²) in [6.07, 6.45) is 1.56. The van der Waals surface area contributed by atoms with Gasteiger partial charge in [0.1, 0.15) is 5.75 Å². The molecule has 7 nitrogen and oxygen atoms in total. The molecule has 1 aliphatic heterocycles. The number of carbonyl (C=O) groups is 3. The van der Waals surface area contributed by atoms with Gasteiger partial charge in [0.25, 0.3) is 0 Å². The van der Waals surface area contributed by atoms with Gasteiger partial charge in [0.05, 0.1) is 5.92 Å². The maximum Gasteiger partial charge on any atom is 0.341 e. The fourth-order valence-corrected chi connectivity index (χ4v) is 3.10. The van der Waals surface area contributed by atoms with Gasteiger partial charge < -0.3 is 20.1 Å². The predicted molar refractivity (Wildman–Crippen MR) is 102 cm³/mol. The molecule has 2 N–H and O–H groups in total. The number of carbonyl (C=O) groups excluding carboxylic acids is 2. The number of rotatable bonds is 5. The van der Waals surface area contributed by atoms with E-state index < -0.39 is 18.0 Å². The number of ether oxygens (including phenoxy) is 1. The van der Waals surface area contributed by atoms with Crippen molar-refractivity contribution in [1.82, 2.24) is 4.90 Å². The Morgan fingerprint density at radius 2 is 2.00 bits per heavy atom. The van der Waals surface area contributed by atoms with Crippen LogP contribution >= 0.6 is 0 Å². The molecule has 0 saturated carbocycles. The molecule has 7 heteroatoms. The Bertz CT molecular complexity index is 724. The maximum atomic E-state index is 12.7. The molecule has 2 rings (SSSR count). The van der Waals surface area contributed by atoms with Crippen molar-refractivity contribution in [3.63, 3.8) is 0 Å². The van der Waals surface area contributed by atoms with Crippen LogP contribution in [0.15, 0.2) is 18.2 Å². The Labute approximate surface area is 159 Å². The molecule has 1 unspecified atom stereocenters. The molecule has 1 fully saturated rings. The van der Waals surface area contributed by atoms with Crippen LogP contribution in [-0.2, 0) is 14.4 Å². The number of nitrogens with zero attached hydrogens (tertiary/aromatic N) is 1. The van der Waals surface area contributed by atoms with Gasteiger partial charge >= 0.3 is 5.97 Å². The Balaban J connectivity index is 2.00. The lowest BCUT2D eigenvalue weighted by Crippen LogP contribution is -2.47. The highest BCUT2D eigenvalue weighted by Gasteiger charge is 2.33. The molecule has 1 aromatic carbocycles. The number of carboxylic acids is 1. The number of aryl methyl sites for hydroxylation is 1. The first-order valence-corrected chi connectivity index (χ1v) is 9.13. The number of likely N-dealkylation sites (tertiary alicyclic amines) is 1. The Morgan fingerprint density at radius 3 is 2.59 bits per heavy atom. The molecule has 0 radical (unpaired) electrons. The predicted octanol–water partition coefficient (Wildman–Crippen LogP) is 2.68. The van der Waals surface area contributed by atoms with E-state index in [1.807, 2.05) is 27.7 Å². The summed E-state index contributed by atoms with van der Waals surface area (Å²) in [5, 5.41) is 11.6. The largest absolute Gasteiger partial charge is 0.482 e. The minimum absolute atomic E-state index is 0.0658. The summed E-state index contributed by atoms with van der Waals surface area (Å²) in [4.78, 5) is 37.5. The average Bonchev–Trinajstić information content (AvgIpc) is 2.60. The first kappa shape index (κ1) is 20.7. The van der Waals surface area contributed by atoms with Crippen molar-refractivity contribution in [1.29, 1.82) is 0 Å². The Kier molecular flexibility index (Phi) is 6.46. The van der Waals surface area contributed by atoms with E-state index in [-0.39, 0.29) is 17.7 Å². The molecule has 27 heavy (non-hydrogen) atoms. The van der Waals surface area contributed by atoms with Crippen molar-refractivity contribution in [2.24, 2.45) is 11.3 Å². The van der Waals surface area contributed by atoms with Crippen molar-refractivity contribution in [3.05, 3.63) is 23.8 Å². The lowest BCUT2D eigenvalue weighted by molar-refractivity contribution is -0.142. The molecule has 1 atom stereocenters. The summed E-state index contributed by atoms with van der Waals surface area (Å²) >= 11 is 0. The Morgan fingerprint density at radius 1 is 1.30 bits per heavy atom. The van der Waals surface area contributed by atoms with Crippen LogP contribution < -0.4 is 10.1 Å². The molecule has 1 aromatic rings. The van der Waals surface area contributed by atoms with Crippen LogP contribution in [0.4, 0.5) is 5.69 Å². The lowest BCUT2D eigenvalue weighted by Gasteiger charge is -2.36. The highest BCUT2D eigenvalue weighted by molar-refractivity contribution is 5.94. The van der Waals surface area contributed by atoms with E-state index in [0.29, 0.717) is 24.5 Å². The molecule has 1 saturated heterocycles. The molecule has 2 amide bonds. The third-order valence-corrected chi connectivity index (χ3v) is 4.54. The number of anilines is 1. The van der Waals surface area contributed by atoms with Gasteiger partial charge in [-0.25, -0.2) is 4.79 Å². The van der Waals surface area contributed by atoms with Gasteiger partial charge in [-0.15, -0.1) is 0 Å². The number of carboxylic acid groups (broad SMARTS) is 1. The van der Waals surface area contributed by atoms with Crippen LogP contribution in [0.5, 0.6) is 5.75 Å². The lowest BCUT2D eigenvalue weighted by atomic mass is 9.91. The standard InChI is InChI=1S/C20H28N2O5/c1-13-10-15(27-12-17(23)24)7-8-16(13)21-18(25)14-6-5-9-22(11-14)19(26)20(2,3)4/h7-8,10,14H,5-6,9,11-12H2,1-4H3,(H,21,25)(H,23,24). The minimum Gasteiger partial charge on any atom is -0.482 e. The first-order chi connectivity index (χ1) is 12.6. The van der Waals surface area contributed by atoms with Gasteiger partial charge in [-0.05, 0) is 43.5 Å². The molecule has 0 bridgehead atoms. The summed E-state index contributed by atoms with van der Waals surface area (Å²) in [6, 6.07) is 5.02. The van der Waals surface area contributed by atoms with Gasteiger partial charge in [-0.2, -0.15) is 0 Å². The van der Waals surface area contributed by atoms with Crippen LogP contribution in [0.3, 0.4) is 0 Å². The number of benzene rings is 1. The van der Waals surface area contributed by atoms with Gasteiger partial charge in [0, 0.05) is 24.2 Å². The topological polar surface area (TPSA) is 95.9 Å². The third-order valence-electron chi connectivity index (χ3n) is 4.54. The van der Waals surface area contributed by atoms with Crippen LogP contribution in [0.25, 0.3) is 0 Å². The van der Waals surface area contributed by atoms with Crippen molar-refractivity contribution in [2.45, 2.75) is 40.5 Å². The van der Waals surface area contributed by atoms with E-state index in [2.05, 4.69) is 5.32 Å².